The van der Waals surface area contributed by atoms with Crippen LogP contribution in [-0.2, 0) is 17.9 Å². The summed E-state index contributed by atoms with van der Waals surface area (Å²) in [7, 11) is 3.44. The lowest BCUT2D eigenvalue weighted by Gasteiger charge is -2.11. The van der Waals surface area contributed by atoms with Crippen molar-refractivity contribution in [1.29, 1.82) is 0 Å². The summed E-state index contributed by atoms with van der Waals surface area (Å²) in [5, 5.41) is 12.3. The maximum absolute atomic E-state index is 12.3. The fraction of sp³-hybridized carbons (Fsp3) is 0.304. The molecule has 0 fully saturated rings. The Balaban J connectivity index is 1.56. The summed E-state index contributed by atoms with van der Waals surface area (Å²) < 4.78 is 2.02. The summed E-state index contributed by atoms with van der Waals surface area (Å²) in [6.45, 7) is 5.21. The van der Waals surface area contributed by atoms with Gasteiger partial charge in [0.2, 0.25) is 5.91 Å². The van der Waals surface area contributed by atoms with Crippen LogP contribution in [0.15, 0.2) is 53.7 Å². The fourth-order valence-corrected chi connectivity index (χ4v) is 3.92. The zero-order valence-corrected chi connectivity index (χ0v) is 19.1. The van der Waals surface area contributed by atoms with Crippen molar-refractivity contribution in [3.8, 4) is 11.4 Å². The molecule has 2 aromatic carbocycles. The number of nitrogens with zero attached hydrogens (tertiary/aromatic N) is 4. The maximum atomic E-state index is 12.3. The molecule has 0 aliphatic heterocycles. The normalized spacial score (nSPS) is 10.7. The molecule has 0 aliphatic rings. The van der Waals surface area contributed by atoms with E-state index in [1.54, 1.807) is 26.2 Å². The third-order valence-electron chi connectivity index (χ3n) is 4.74. The lowest BCUT2D eigenvalue weighted by atomic mass is 10.1. The zero-order valence-electron chi connectivity index (χ0n) is 18.3. The fourth-order valence-electron chi connectivity index (χ4n) is 3.08. The third-order valence-corrected chi connectivity index (χ3v) is 5.71. The van der Waals surface area contributed by atoms with E-state index in [-0.39, 0.29) is 17.6 Å². The third kappa shape index (κ3) is 5.73. The van der Waals surface area contributed by atoms with Crippen LogP contribution in [-0.4, -0.2) is 51.3 Å². The highest BCUT2D eigenvalue weighted by molar-refractivity contribution is 7.99. The molecule has 3 rings (SSSR count). The zero-order chi connectivity index (χ0) is 22.4. The van der Waals surface area contributed by atoms with E-state index in [1.807, 2.05) is 48.7 Å². The Bertz CT molecular complexity index is 1060. The summed E-state index contributed by atoms with van der Waals surface area (Å²) >= 11 is 1.37. The number of thioether (sulfide) groups is 1. The molecule has 7 nitrogen and oxygen atoms in total. The van der Waals surface area contributed by atoms with Gasteiger partial charge in [0.15, 0.2) is 11.0 Å². The number of rotatable bonds is 8. The number of aromatic nitrogens is 3. The molecule has 0 spiro atoms. The van der Waals surface area contributed by atoms with Crippen molar-refractivity contribution >= 4 is 23.6 Å². The van der Waals surface area contributed by atoms with E-state index in [9.17, 15) is 9.59 Å². The summed E-state index contributed by atoms with van der Waals surface area (Å²) in [6.07, 6.45) is 0. The van der Waals surface area contributed by atoms with E-state index in [2.05, 4.69) is 21.6 Å². The Morgan fingerprint density at radius 1 is 1.10 bits per heavy atom. The Morgan fingerprint density at radius 2 is 1.84 bits per heavy atom. The van der Waals surface area contributed by atoms with Gasteiger partial charge in [0.25, 0.3) is 5.91 Å². The minimum atomic E-state index is -0.0822. The number of hydrogen-bond donors (Lipinski definition) is 1. The van der Waals surface area contributed by atoms with Crippen LogP contribution in [0, 0.1) is 6.92 Å². The quantitative estimate of drug-likeness (QED) is 0.547. The molecular formula is C23H27N5O2S. The van der Waals surface area contributed by atoms with Crippen molar-refractivity contribution in [1.82, 2.24) is 25.0 Å². The van der Waals surface area contributed by atoms with Crippen molar-refractivity contribution in [3.05, 3.63) is 65.2 Å². The second-order valence-electron chi connectivity index (χ2n) is 7.38. The van der Waals surface area contributed by atoms with Crippen LogP contribution in [0.5, 0.6) is 0 Å². The summed E-state index contributed by atoms with van der Waals surface area (Å²) in [5.41, 5.74) is 3.74. The number of nitrogens with one attached hydrogen (secondary N) is 1. The van der Waals surface area contributed by atoms with Crippen LogP contribution in [0.3, 0.4) is 0 Å². The molecule has 3 aromatic rings. The number of carbonyl (C=O) groups is 2. The van der Waals surface area contributed by atoms with Gasteiger partial charge in [-0.3, -0.25) is 9.59 Å². The molecular weight excluding hydrogens is 410 g/mol. The van der Waals surface area contributed by atoms with Crippen LogP contribution >= 0.6 is 11.8 Å². The van der Waals surface area contributed by atoms with Gasteiger partial charge in [-0.1, -0.05) is 47.7 Å². The predicted molar refractivity (Wildman–Crippen MR) is 123 cm³/mol. The highest BCUT2D eigenvalue weighted by Gasteiger charge is 2.15. The van der Waals surface area contributed by atoms with Crippen LogP contribution in [0.2, 0.25) is 0 Å². The first-order chi connectivity index (χ1) is 14.9. The SMILES string of the molecule is CCn1c(SCC(=O)NCc2ccc(C(=O)N(C)C)cc2)nnc1-c1cccc(C)c1. The molecule has 0 aliphatic carbocycles. The number of aryl methyl sites for hydroxylation is 1. The first kappa shape index (κ1) is 22.6. The molecule has 0 atom stereocenters. The molecule has 0 unspecified atom stereocenters. The maximum Gasteiger partial charge on any atom is 0.253 e. The van der Waals surface area contributed by atoms with E-state index in [1.165, 1.54) is 16.7 Å². The number of amides is 2. The first-order valence-corrected chi connectivity index (χ1v) is 11.1. The predicted octanol–water partition coefficient (Wildman–Crippen LogP) is 3.38. The van der Waals surface area contributed by atoms with Gasteiger partial charge < -0.3 is 14.8 Å². The standard InChI is InChI=1S/C23H27N5O2S/c1-5-28-21(19-8-6-7-16(2)13-19)25-26-23(28)31-15-20(29)24-14-17-9-11-18(12-10-17)22(30)27(3)4/h6-13H,5,14-15H2,1-4H3,(H,24,29). The topological polar surface area (TPSA) is 80.1 Å². The van der Waals surface area contributed by atoms with Crippen molar-refractivity contribution in [2.24, 2.45) is 0 Å². The lowest BCUT2D eigenvalue weighted by molar-refractivity contribution is -0.118. The van der Waals surface area contributed by atoms with Crippen LogP contribution < -0.4 is 5.32 Å². The number of benzene rings is 2. The van der Waals surface area contributed by atoms with Gasteiger partial charge in [0, 0.05) is 38.3 Å². The second kappa shape index (κ2) is 10.3. The number of carbonyl (C=O) groups excluding carboxylic acids is 2. The van der Waals surface area contributed by atoms with Gasteiger partial charge >= 0.3 is 0 Å². The largest absolute Gasteiger partial charge is 0.351 e. The molecule has 2 amide bonds. The van der Waals surface area contributed by atoms with Gasteiger partial charge in [-0.05, 0) is 37.6 Å². The molecule has 162 valence electrons. The molecule has 8 heteroatoms. The highest BCUT2D eigenvalue weighted by atomic mass is 32.2. The van der Waals surface area contributed by atoms with Gasteiger partial charge in [-0.2, -0.15) is 0 Å². The van der Waals surface area contributed by atoms with Crippen molar-refractivity contribution < 1.29 is 9.59 Å². The summed E-state index contributed by atoms with van der Waals surface area (Å²) in [5.74, 6) is 0.933. The smallest absolute Gasteiger partial charge is 0.253 e. The molecule has 0 radical (unpaired) electrons. The second-order valence-corrected chi connectivity index (χ2v) is 8.32. The molecule has 0 bridgehead atoms. The van der Waals surface area contributed by atoms with Gasteiger partial charge in [0.1, 0.15) is 0 Å². The van der Waals surface area contributed by atoms with E-state index < -0.39 is 0 Å². The average Bonchev–Trinajstić information content (AvgIpc) is 3.19. The minimum Gasteiger partial charge on any atom is -0.351 e. The first-order valence-electron chi connectivity index (χ1n) is 10.1. The Morgan fingerprint density at radius 3 is 2.48 bits per heavy atom. The summed E-state index contributed by atoms with van der Waals surface area (Å²) in [6, 6.07) is 15.4. The summed E-state index contributed by atoms with van der Waals surface area (Å²) in [4.78, 5) is 25.8. The van der Waals surface area contributed by atoms with Crippen LogP contribution in [0.1, 0.15) is 28.4 Å². The molecule has 1 heterocycles. The highest BCUT2D eigenvalue weighted by Crippen LogP contribution is 2.24. The van der Waals surface area contributed by atoms with Gasteiger partial charge in [-0.15, -0.1) is 10.2 Å². The van der Waals surface area contributed by atoms with Gasteiger partial charge in [-0.25, -0.2) is 0 Å². The van der Waals surface area contributed by atoms with Crippen molar-refractivity contribution in [2.75, 3.05) is 19.8 Å². The Labute approximate surface area is 186 Å². The monoisotopic (exact) mass is 437 g/mol. The Hall–Kier alpha value is -3.13. The molecule has 1 N–H and O–H groups in total. The molecule has 1 aromatic heterocycles. The van der Waals surface area contributed by atoms with E-state index >= 15 is 0 Å². The van der Waals surface area contributed by atoms with Gasteiger partial charge in [0.05, 0.1) is 5.75 Å². The van der Waals surface area contributed by atoms with E-state index in [0.717, 1.165) is 34.2 Å². The molecule has 0 saturated heterocycles. The number of hydrogen-bond acceptors (Lipinski definition) is 5. The molecule has 31 heavy (non-hydrogen) atoms. The molecule has 0 saturated carbocycles. The Kier molecular flexibility index (Phi) is 7.46. The lowest BCUT2D eigenvalue weighted by Crippen LogP contribution is -2.25. The van der Waals surface area contributed by atoms with Crippen LogP contribution in [0.4, 0.5) is 0 Å². The average molecular weight is 438 g/mol. The minimum absolute atomic E-state index is 0.0444. The van der Waals surface area contributed by atoms with Crippen molar-refractivity contribution in [3.63, 3.8) is 0 Å². The van der Waals surface area contributed by atoms with E-state index in [4.69, 9.17) is 0 Å². The van der Waals surface area contributed by atoms with Crippen LogP contribution in [0.25, 0.3) is 11.4 Å². The van der Waals surface area contributed by atoms with Crippen molar-refractivity contribution in [2.45, 2.75) is 32.1 Å². The van der Waals surface area contributed by atoms with E-state index in [0.29, 0.717) is 12.1 Å².